The Morgan fingerprint density at radius 2 is 1.10 bits per heavy atom. The molecule has 0 unspecified atom stereocenters. The Morgan fingerprint density at radius 1 is 0.581 bits per heavy atom. The van der Waals surface area contributed by atoms with Crippen LogP contribution in [0.25, 0.3) is 11.6 Å². The number of rotatable bonds is 4. The summed E-state index contributed by atoms with van der Waals surface area (Å²) in [5.41, 5.74) is 2.86. The lowest BCUT2D eigenvalue weighted by atomic mass is 10.0. The van der Waals surface area contributed by atoms with Crippen molar-refractivity contribution in [2.75, 3.05) is 0 Å². The first-order valence-corrected chi connectivity index (χ1v) is 11.9. The van der Waals surface area contributed by atoms with E-state index in [9.17, 15) is 0 Å². The molecule has 0 saturated carbocycles. The van der Waals surface area contributed by atoms with E-state index in [1.165, 1.54) is 0 Å². The minimum absolute atomic E-state index is 0.687. The monoisotopic (exact) mass is 420 g/mol. The smallest absolute Gasteiger partial charge is 0.174 e. The molecule has 31 heavy (non-hydrogen) atoms. The zero-order chi connectivity index (χ0) is 21.1. The first kappa shape index (κ1) is 19.4. The zero-order valence-corrected chi connectivity index (χ0v) is 17.8. The molecule has 0 bridgehead atoms. The maximum Gasteiger partial charge on any atom is 0.174 e. The van der Waals surface area contributed by atoms with Gasteiger partial charge >= 0.3 is 0 Å². The van der Waals surface area contributed by atoms with Gasteiger partial charge < -0.3 is 9.30 Å². The second-order valence-electron chi connectivity index (χ2n) is 7.36. The molecule has 0 N–H and O–H groups in total. The van der Waals surface area contributed by atoms with Gasteiger partial charge in [-0.05, 0) is 23.3 Å². The third kappa shape index (κ3) is 3.56. The molecule has 1 aliphatic rings. The molecule has 0 spiro atoms. The fourth-order valence-corrected chi connectivity index (χ4v) is 6.69. The molecule has 4 aromatic rings. The molecule has 1 aliphatic heterocycles. The van der Waals surface area contributed by atoms with Crippen LogP contribution in [0.1, 0.15) is 11.1 Å². The summed E-state index contributed by atoms with van der Waals surface area (Å²) in [6, 6.07) is 37.4. The minimum Gasteiger partial charge on any atom is -0.464 e. The largest absolute Gasteiger partial charge is 0.464 e. The Hall–Kier alpha value is -3.61. The Kier molecular flexibility index (Phi) is 5.16. The zero-order valence-electron chi connectivity index (χ0n) is 16.9. The van der Waals surface area contributed by atoms with Crippen molar-refractivity contribution < 1.29 is 9.30 Å². The van der Waals surface area contributed by atoms with Crippen LogP contribution in [-0.4, -0.2) is 0 Å². The number of hydrogen-bond acceptors (Lipinski definition) is 2. The quantitative estimate of drug-likeness (QED) is 0.354. The molecular formula is C28H21O2P. The van der Waals surface area contributed by atoms with Crippen molar-refractivity contribution in [1.29, 1.82) is 0 Å². The van der Waals surface area contributed by atoms with Crippen molar-refractivity contribution >= 4 is 29.4 Å². The number of allylic oxidation sites excluding steroid dienone is 2. The highest BCUT2D eigenvalue weighted by Crippen LogP contribution is 2.57. The minimum atomic E-state index is -3.21. The maximum atomic E-state index is 15.1. The van der Waals surface area contributed by atoms with Gasteiger partial charge in [0.05, 0.1) is 5.31 Å². The summed E-state index contributed by atoms with van der Waals surface area (Å²) in [6.07, 6.45) is 3.77. The van der Waals surface area contributed by atoms with Gasteiger partial charge in [-0.2, -0.15) is 0 Å². The predicted molar refractivity (Wildman–Crippen MR) is 129 cm³/mol. The lowest BCUT2D eigenvalue weighted by Gasteiger charge is -2.24. The summed E-state index contributed by atoms with van der Waals surface area (Å²) in [6.45, 7) is 0. The van der Waals surface area contributed by atoms with Gasteiger partial charge in [0.15, 0.2) is 7.14 Å². The lowest BCUT2D eigenvalue weighted by molar-refractivity contribution is 0.479. The van der Waals surface area contributed by atoms with Gasteiger partial charge in [-0.15, -0.1) is 0 Å². The van der Waals surface area contributed by atoms with E-state index < -0.39 is 7.14 Å². The SMILES string of the molecule is O=P(C1=COc2ccccc2C=C1c1ccccc1)(c1ccccc1)c1ccccc1. The van der Waals surface area contributed by atoms with Gasteiger partial charge in [0, 0.05) is 16.2 Å². The van der Waals surface area contributed by atoms with Crippen LogP contribution in [-0.2, 0) is 4.57 Å². The van der Waals surface area contributed by atoms with Crippen molar-refractivity contribution in [3.63, 3.8) is 0 Å². The predicted octanol–water partition coefficient (Wildman–Crippen LogP) is 6.48. The van der Waals surface area contributed by atoms with Crippen LogP contribution in [0.3, 0.4) is 0 Å². The second-order valence-corrected chi connectivity index (χ2v) is 10.1. The van der Waals surface area contributed by atoms with Gasteiger partial charge in [-0.25, -0.2) is 0 Å². The average molecular weight is 420 g/mol. The number of para-hydroxylation sites is 1. The van der Waals surface area contributed by atoms with Gasteiger partial charge in [0.25, 0.3) is 0 Å². The number of ether oxygens (including phenoxy) is 1. The van der Waals surface area contributed by atoms with E-state index in [1.54, 1.807) is 6.26 Å². The standard InChI is InChI=1S/C28H21O2P/c29-31(24-15-6-2-7-16-24,25-17-8-3-9-18-25)28-21-30-27-19-11-10-14-23(27)20-26(28)22-12-4-1-5-13-22/h1-21H. The van der Waals surface area contributed by atoms with Crippen LogP contribution in [0.4, 0.5) is 0 Å². The van der Waals surface area contributed by atoms with Gasteiger partial charge in [-0.1, -0.05) is 109 Å². The van der Waals surface area contributed by atoms with Crippen molar-refractivity contribution in [1.82, 2.24) is 0 Å². The highest BCUT2D eigenvalue weighted by molar-refractivity contribution is 7.83. The van der Waals surface area contributed by atoms with Crippen LogP contribution in [0.5, 0.6) is 5.75 Å². The van der Waals surface area contributed by atoms with Gasteiger partial charge in [0.2, 0.25) is 0 Å². The summed E-state index contributed by atoms with van der Waals surface area (Å²) in [5, 5.41) is 2.25. The van der Waals surface area contributed by atoms with Crippen LogP contribution >= 0.6 is 7.14 Å². The molecule has 0 aliphatic carbocycles. The molecule has 2 nitrogen and oxygen atoms in total. The van der Waals surface area contributed by atoms with Crippen molar-refractivity contribution in [2.45, 2.75) is 0 Å². The van der Waals surface area contributed by atoms with Gasteiger partial charge in [-0.3, -0.25) is 0 Å². The highest BCUT2D eigenvalue weighted by atomic mass is 31.2. The molecule has 0 aromatic heterocycles. The average Bonchev–Trinajstić information content (AvgIpc) is 3.05. The Bertz CT molecular complexity index is 1260. The summed E-state index contributed by atoms with van der Waals surface area (Å²) < 4.78 is 21.2. The molecule has 3 heteroatoms. The summed E-state index contributed by atoms with van der Waals surface area (Å²) in [7, 11) is -3.21. The van der Waals surface area contributed by atoms with E-state index in [2.05, 4.69) is 6.08 Å². The molecule has 0 amide bonds. The molecule has 0 fully saturated rings. The molecule has 4 aromatic carbocycles. The summed E-state index contributed by atoms with van der Waals surface area (Å²) in [5.74, 6) is 0.749. The Labute approximate surface area is 182 Å². The van der Waals surface area contributed by atoms with E-state index in [-0.39, 0.29) is 0 Å². The first-order valence-electron chi connectivity index (χ1n) is 10.2. The maximum absolute atomic E-state index is 15.1. The fraction of sp³-hybridized carbons (Fsp3) is 0. The van der Waals surface area contributed by atoms with Crippen LogP contribution in [0, 0.1) is 0 Å². The van der Waals surface area contributed by atoms with E-state index in [0.717, 1.165) is 33.1 Å². The molecule has 150 valence electrons. The number of benzene rings is 4. The topological polar surface area (TPSA) is 26.3 Å². The molecule has 5 rings (SSSR count). The van der Waals surface area contributed by atoms with Crippen molar-refractivity contribution in [3.8, 4) is 5.75 Å². The summed E-state index contributed by atoms with van der Waals surface area (Å²) >= 11 is 0. The van der Waals surface area contributed by atoms with E-state index >= 15 is 4.57 Å². The van der Waals surface area contributed by atoms with Crippen LogP contribution in [0.15, 0.2) is 127 Å². The van der Waals surface area contributed by atoms with E-state index in [0.29, 0.717) is 5.31 Å². The summed E-state index contributed by atoms with van der Waals surface area (Å²) in [4.78, 5) is 0. The molecule has 0 atom stereocenters. The molecular weight excluding hydrogens is 399 g/mol. The Morgan fingerprint density at radius 3 is 1.71 bits per heavy atom. The molecule has 0 saturated heterocycles. The normalized spacial score (nSPS) is 13.3. The molecule has 0 radical (unpaired) electrons. The van der Waals surface area contributed by atoms with E-state index in [1.807, 2.05) is 115 Å². The number of fused-ring (bicyclic) bond motifs is 1. The third-order valence-corrected chi connectivity index (χ3v) is 8.53. The lowest BCUT2D eigenvalue weighted by Crippen LogP contribution is -2.18. The molecule has 1 heterocycles. The second kappa shape index (κ2) is 8.26. The first-order chi connectivity index (χ1) is 15.3. The third-order valence-electron chi connectivity index (χ3n) is 5.46. The highest BCUT2D eigenvalue weighted by Gasteiger charge is 2.35. The Balaban J connectivity index is 1.81. The number of hydrogen-bond donors (Lipinski definition) is 0. The van der Waals surface area contributed by atoms with E-state index in [4.69, 9.17) is 4.74 Å². The van der Waals surface area contributed by atoms with Crippen molar-refractivity contribution in [2.24, 2.45) is 0 Å². The van der Waals surface area contributed by atoms with Crippen molar-refractivity contribution in [3.05, 3.63) is 138 Å². The van der Waals surface area contributed by atoms with Crippen LogP contribution < -0.4 is 15.3 Å². The van der Waals surface area contributed by atoms with Crippen LogP contribution in [0.2, 0.25) is 0 Å². The van der Waals surface area contributed by atoms with Gasteiger partial charge in [0.1, 0.15) is 12.0 Å². The fourth-order valence-electron chi connectivity index (χ4n) is 3.92.